The van der Waals surface area contributed by atoms with Crippen molar-refractivity contribution < 1.29 is 4.39 Å². The lowest BCUT2D eigenvalue weighted by molar-refractivity contribution is 0.626. The molecule has 0 saturated heterocycles. The van der Waals surface area contributed by atoms with Crippen LogP contribution in [0.25, 0.3) is 0 Å². The van der Waals surface area contributed by atoms with Gasteiger partial charge in [-0.15, -0.1) is 0 Å². The average molecular weight is 313 g/mol. The molecule has 4 rings (SSSR count). The molecule has 1 atom stereocenters. The van der Waals surface area contributed by atoms with E-state index in [1.54, 1.807) is 12.1 Å². The van der Waals surface area contributed by atoms with Gasteiger partial charge < -0.3 is 5.32 Å². The number of hydrogen-bond donors (Lipinski definition) is 4. The molecule has 0 radical (unpaired) electrons. The highest BCUT2D eigenvalue weighted by Crippen LogP contribution is 2.42. The number of aromatic amines is 3. The maximum absolute atomic E-state index is 13.3. The summed E-state index contributed by atoms with van der Waals surface area (Å²) in [5, 5.41) is 9.99. The molecule has 0 bridgehead atoms. The van der Waals surface area contributed by atoms with Gasteiger partial charge in [-0.05, 0) is 24.6 Å². The minimum absolute atomic E-state index is 0.298. The molecular weight excluding hydrogens is 301 g/mol. The molecule has 3 heterocycles. The first-order valence-electron chi connectivity index (χ1n) is 6.98. The van der Waals surface area contributed by atoms with Crippen LogP contribution in [0, 0.1) is 12.7 Å². The van der Waals surface area contributed by atoms with E-state index in [2.05, 4.69) is 25.5 Å². The first kappa shape index (κ1) is 13.5. The van der Waals surface area contributed by atoms with Gasteiger partial charge in [-0.3, -0.25) is 19.9 Å². The zero-order valence-corrected chi connectivity index (χ0v) is 12.0. The number of nitrogens with one attached hydrogen (secondary N) is 4. The summed E-state index contributed by atoms with van der Waals surface area (Å²) < 4.78 is 13.3. The summed E-state index contributed by atoms with van der Waals surface area (Å²) in [7, 11) is 0. The highest BCUT2D eigenvalue weighted by molar-refractivity contribution is 5.71. The number of benzene rings is 1. The van der Waals surface area contributed by atoms with E-state index in [1.807, 2.05) is 6.92 Å². The molecule has 4 N–H and O–H groups in total. The molecule has 0 aliphatic carbocycles. The van der Waals surface area contributed by atoms with E-state index in [-0.39, 0.29) is 5.82 Å². The van der Waals surface area contributed by atoms with Gasteiger partial charge in [0, 0.05) is 17.2 Å². The molecule has 1 aliphatic heterocycles. The summed E-state index contributed by atoms with van der Waals surface area (Å²) >= 11 is 0. The van der Waals surface area contributed by atoms with Gasteiger partial charge in [-0.25, -0.2) is 9.18 Å². The number of nitrogens with zero attached hydrogens (tertiary/aromatic N) is 1. The van der Waals surface area contributed by atoms with Gasteiger partial charge in [-0.1, -0.05) is 12.1 Å². The molecule has 7 nitrogen and oxygen atoms in total. The number of aromatic nitrogens is 4. The third-order valence-corrected chi connectivity index (χ3v) is 4.00. The van der Waals surface area contributed by atoms with E-state index in [1.165, 1.54) is 12.1 Å². The highest BCUT2D eigenvalue weighted by Gasteiger charge is 2.33. The second-order valence-corrected chi connectivity index (χ2v) is 5.42. The SMILES string of the molecule is Cc1[nH]nc2c1C(c1ccc(F)cc1)c1c([nH]c(=O)[nH]c1=O)N2. The monoisotopic (exact) mass is 313 g/mol. The molecule has 1 unspecified atom stereocenters. The van der Waals surface area contributed by atoms with Crippen molar-refractivity contribution in [1.82, 2.24) is 20.2 Å². The van der Waals surface area contributed by atoms with Crippen molar-refractivity contribution in [2.24, 2.45) is 0 Å². The fourth-order valence-electron chi connectivity index (χ4n) is 3.01. The summed E-state index contributed by atoms with van der Waals surface area (Å²) in [5.74, 6) is 0.0151. The zero-order chi connectivity index (χ0) is 16.1. The van der Waals surface area contributed by atoms with Crippen LogP contribution in [-0.2, 0) is 0 Å². The molecule has 3 aromatic rings. The van der Waals surface area contributed by atoms with Crippen molar-refractivity contribution in [2.45, 2.75) is 12.8 Å². The van der Waals surface area contributed by atoms with E-state index in [9.17, 15) is 14.0 Å². The number of fused-ring (bicyclic) bond motifs is 2. The smallest absolute Gasteiger partial charge is 0.324 e. The Kier molecular flexibility index (Phi) is 2.74. The van der Waals surface area contributed by atoms with Crippen LogP contribution < -0.4 is 16.6 Å². The fraction of sp³-hybridized carbons (Fsp3) is 0.133. The number of hydrogen-bond acceptors (Lipinski definition) is 4. The van der Waals surface area contributed by atoms with E-state index in [0.717, 1.165) is 16.8 Å². The Hall–Kier alpha value is -3.16. The molecule has 0 fully saturated rings. The molecular formula is C15H12FN5O2. The van der Waals surface area contributed by atoms with Crippen LogP contribution in [0.3, 0.4) is 0 Å². The van der Waals surface area contributed by atoms with Gasteiger partial charge in [0.15, 0.2) is 5.82 Å². The van der Waals surface area contributed by atoms with Crippen molar-refractivity contribution in [3.63, 3.8) is 0 Å². The lowest BCUT2D eigenvalue weighted by Crippen LogP contribution is -2.31. The summed E-state index contributed by atoms with van der Waals surface area (Å²) in [6, 6.07) is 5.92. The van der Waals surface area contributed by atoms with Crippen molar-refractivity contribution in [1.29, 1.82) is 0 Å². The Morgan fingerprint density at radius 2 is 1.83 bits per heavy atom. The van der Waals surface area contributed by atoms with E-state index < -0.39 is 17.2 Å². The Morgan fingerprint density at radius 1 is 1.09 bits per heavy atom. The maximum atomic E-state index is 13.3. The number of rotatable bonds is 1. The quantitative estimate of drug-likeness (QED) is 0.427. The average Bonchev–Trinajstić information content (AvgIpc) is 2.87. The largest absolute Gasteiger partial charge is 0.327 e. The Labute approximate surface area is 128 Å². The van der Waals surface area contributed by atoms with Crippen LogP contribution >= 0.6 is 0 Å². The van der Waals surface area contributed by atoms with Gasteiger partial charge in [0.25, 0.3) is 5.56 Å². The summed E-state index contributed by atoms with van der Waals surface area (Å²) in [4.78, 5) is 28.7. The third-order valence-electron chi connectivity index (χ3n) is 4.00. The topological polar surface area (TPSA) is 106 Å². The molecule has 2 aromatic heterocycles. The van der Waals surface area contributed by atoms with E-state index in [0.29, 0.717) is 17.2 Å². The van der Waals surface area contributed by atoms with Crippen molar-refractivity contribution in [2.75, 3.05) is 5.32 Å². The minimum Gasteiger partial charge on any atom is -0.324 e. The fourth-order valence-corrected chi connectivity index (χ4v) is 3.01. The van der Waals surface area contributed by atoms with E-state index in [4.69, 9.17) is 0 Å². The van der Waals surface area contributed by atoms with Crippen LogP contribution in [0.2, 0.25) is 0 Å². The van der Waals surface area contributed by atoms with Gasteiger partial charge >= 0.3 is 5.69 Å². The van der Waals surface area contributed by atoms with Gasteiger partial charge in [0.05, 0.1) is 5.56 Å². The molecule has 0 saturated carbocycles. The van der Waals surface area contributed by atoms with Crippen molar-refractivity contribution in [3.05, 3.63) is 73.3 Å². The van der Waals surface area contributed by atoms with Crippen LogP contribution in [0.4, 0.5) is 16.0 Å². The van der Waals surface area contributed by atoms with Gasteiger partial charge in [0.1, 0.15) is 11.6 Å². The number of H-pyrrole nitrogens is 3. The zero-order valence-electron chi connectivity index (χ0n) is 12.0. The molecule has 23 heavy (non-hydrogen) atoms. The van der Waals surface area contributed by atoms with Crippen molar-refractivity contribution in [3.8, 4) is 0 Å². The number of aryl methyl sites for hydroxylation is 1. The Morgan fingerprint density at radius 3 is 2.57 bits per heavy atom. The first-order chi connectivity index (χ1) is 11.0. The van der Waals surface area contributed by atoms with Crippen LogP contribution in [-0.4, -0.2) is 20.2 Å². The van der Waals surface area contributed by atoms with Crippen LogP contribution in [0.5, 0.6) is 0 Å². The first-order valence-corrected chi connectivity index (χ1v) is 6.98. The second kappa shape index (κ2) is 4.67. The lowest BCUT2D eigenvalue weighted by Gasteiger charge is -2.25. The molecule has 1 aromatic carbocycles. The Balaban J connectivity index is 2.04. The number of anilines is 2. The summed E-state index contributed by atoms with van der Waals surface area (Å²) in [6.07, 6.45) is 0. The van der Waals surface area contributed by atoms with Gasteiger partial charge in [-0.2, -0.15) is 5.10 Å². The van der Waals surface area contributed by atoms with Crippen LogP contribution in [0.15, 0.2) is 33.9 Å². The lowest BCUT2D eigenvalue weighted by atomic mass is 9.83. The highest BCUT2D eigenvalue weighted by atomic mass is 19.1. The molecule has 116 valence electrons. The summed E-state index contributed by atoms with van der Waals surface area (Å²) in [5.41, 5.74) is 1.59. The molecule has 8 heteroatoms. The third kappa shape index (κ3) is 1.99. The predicted octanol–water partition coefficient (Wildman–Crippen LogP) is 1.47. The molecule has 1 aliphatic rings. The standard InChI is InChI=1S/C15H12FN5O2/c1-6-9-10(7-2-4-8(16)5-3-7)11-12(17-13(9)21-20-6)18-15(23)19-14(11)22/h2-5,10H,1H3,(H4,17,18,19,20,21,22,23). The summed E-state index contributed by atoms with van der Waals surface area (Å²) in [6.45, 7) is 1.84. The van der Waals surface area contributed by atoms with E-state index >= 15 is 0 Å². The molecule has 0 spiro atoms. The van der Waals surface area contributed by atoms with Gasteiger partial charge in [0.2, 0.25) is 0 Å². The Bertz CT molecular complexity index is 1020. The second-order valence-electron chi connectivity index (χ2n) is 5.42. The predicted molar refractivity (Wildman–Crippen MR) is 81.6 cm³/mol. The van der Waals surface area contributed by atoms with Crippen LogP contribution in [0.1, 0.15) is 28.3 Å². The normalized spacial score (nSPS) is 15.7. The molecule has 0 amide bonds. The number of halogens is 1. The minimum atomic E-state index is -0.602. The maximum Gasteiger partial charge on any atom is 0.327 e. The van der Waals surface area contributed by atoms with Crippen molar-refractivity contribution >= 4 is 11.6 Å².